The zero-order chi connectivity index (χ0) is 16.7. The van der Waals surface area contributed by atoms with Crippen LogP contribution in [0.3, 0.4) is 0 Å². The molecule has 0 N–H and O–H groups in total. The summed E-state index contributed by atoms with van der Waals surface area (Å²) in [6.07, 6.45) is 2.10. The minimum atomic E-state index is -1.38. The van der Waals surface area contributed by atoms with Crippen molar-refractivity contribution in [3.05, 3.63) is 0 Å². The second-order valence-corrected chi connectivity index (χ2v) is 9.71. The van der Waals surface area contributed by atoms with Crippen LogP contribution >= 0.6 is 0 Å². The van der Waals surface area contributed by atoms with Gasteiger partial charge in [-0.15, -0.1) is 5.54 Å². The zero-order valence-electron chi connectivity index (χ0n) is 13.7. The number of ether oxygens (including phenoxy) is 1. The first kappa shape index (κ1) is 19.9. The molecule has 0 rings (SSSR count). The van der Waals surface area contributed by atoms with Gasteiger partial charge in [-0.2, -0.15) is 5.26 Å². The van der Waals surface area contributed by atoms with Crippen LogP contribution in [-0.4, -0.2) is 20.7 Å². The van der Waals surface area contributed by atoms with Gasteiger partial charge in [0.1, 0.15) is 14.1 Å². The normalized spacial score (nSPS) is 9.00. The van der Waals surface area contributed by atoms with Gasteiger partial charge >= 0.3 is 5.97 Å². The van der Waals surface area contributed by atoms with Crippen LogP contribution in [0.4, 0.5) is 0 Å². The van der Waals surface area contributed by atoms with E-state index < -0.39 is 14.0 Å². The van der Waals surface area contributed by atoms with Gasteiger partial charge in [-0.05, 0) is 36.4 Å². The second-order valence-electron chi connectivity index (χ2n) is 4.78. The van der Waals surface area contributed by atoms with E-state index in [2.05, 4.69) is 60.7 Å². The van der Waals surface area contributed by atoms with Gasteiger partial charge in [0.15, 0.2) is 6.61 Å². The maximum Gasteiger partial charge on any atom is 0.385 e. The molecule has 0 spiro atoms. The molecule has 0 bridgehead atoms. The van der Waals surface area contributed by atoms with E-state index in [1.54, 1.807) is 6.07 Å². The Morgan fingerprint density at radius 3 is 2.27 bits per heavy atom. The number of carbonyl (C=O) groups is 1. The number of hydrogen-bond acceptors (Lipinski definition) is 3. The van der Waals surface area contributed by atoms with Crippen LogP contribution in [0.1, 0.15) is 40.0 Å². The van der Waals surface area contributed by atoms with E-state index in [-0.39, 0.29) is 6.61 Å². The Morgan fingerprint density at radius 1 is 1.05 bits per heavy atom. The highest BCUT2D eigenvalue weighted by Crippen LogP contribution is 2.18. The Bertz CT molecular complexity index is 558. The Morgan fingerprint density at radius 2 is 1.68 bits per heavy atom. The standard InChI is InChI=1S/C18H23NO2Si/c1-4-22(5-2,6-3)17-13-11-9-7-8-10-12-14-18(20)21-16-15-19/h4-8,10,16H2,1-3H3. The molecule has 0 radical (unpaired) electrons. The predicted molar refractivity (Wildman–Crippen MR) is 90.9 cm³/mol. The average molecular weight is 313 g/mol. The number of hydrogen-bond donors (Lipinski definition) is 0. The molecule has 0 aromatic carbocycles. The Hall–Kier alpha value is -2.14. The summed E-state index contributed by atoms with van der Waals surface area (Å²) >= 11 is 0. The number of nitriles is 1. The third-order valence-corrected chi connectivity index (χ3v) is 8.29. The maximum atomic E-state index is 11.0. The summed E-state index contributed by atoms with van der Waals surface area (Å²) in [6.45, 7) is 6.42. The monoisotopic (exact) mass is 313 g/mol. The van der Waals surface area contributed by atoms with Crippen LogP contribution in [0.15, 0.2) is 0 Å². The average Bonchev–Trinajstić information content (AvgIpc) is 2.55. The predicted octanol–water partition coefficient (Wildman–Crippen LogP) is 3.28. The summed E-state index contributed by atoms with van der Waals surface area (Å²) in [5, 5.41) is 8.23. The van der Waals surface area contributed by atoms with Crippen molar-refractivity contribution in [3.63, 3.8) is 0 Å². The van der Waals surface area contributed by atoms with Gasteiger partial charge in [-0.25, -0.2) is 4.79 Å². The molecule has 0 aliphatic carbocycles. The molecule has 22 heavy (non-hydrogen) atoms. The van der Waals surface area contributed by atoms with Crippen molar-refractivity contribution in [1.29, 1.82) is 5.26 Å². The fraction of sp³-hybridized carbons (Fsp3) is 0.556. The molecule has 3 nitrogen and oxygen atoms in total. The van der Waals surface area contributed by atoms with E-state index in [0.717, 1.165) is 12.8 Å². The molecule has 0 aromatic rings. The summed E-state index contributed by atoms with van der Waals surface area (Å²) in [7, 11) is -1.38. The third-order valence-electron chi connectivity index (χ3n) is 3.57. The topological polar surface area (TPSA) is 50.1 Å². The van der Waals surface area contributed by atoms with E-state index >= 15 is 0 Å². The Kier molecular flexibility index (Phi) is 11.4. The highest BCUT2D eigenvalue weighted by molar-refractivity contribution is 6.87. The first-order valence-electron chi connectivity index (χ1n) is 7.66. The number of carbonyl (C=O) groups excluding carboxylic acids is 1. The molecule has 0 unspecified atom stereocenters. The van der Waals surface area contributed by atoms with Crippen molar-refractivity contribution in [3.8, 4) is 41.2 Å². The van der Waals surface area contributed by atoms with Crippen molar-refractivity contribution >= 4 is 14.0 Å². The molecule has 4 heteroatoms. The summed E-state index contributed by atoms with van der Waals surface area (Å²) < 4.78 is 4.50. The zero-order valence-corrected chi connectivity index (χ0v) is 14.7. The quantitative estimate of drug-likeness (QED) is 0.249. The third kappa shape index (κ3) is 8.92. The number of rotatable bonds is 6. The Labute approximate surface area is 135 Å². The van der Waals surface area contributed by atoms with Crippen molar-refractivity contribution < 1.29 is 9.53 Å². The molecule has 0 heterocycles. The summed E-state index contributed by atoms with van der Waals surface area (Å²) in [5.74, 6) is 13.3. The maximum absolute atomic E-state index is 11.0. The lowest BCUT2D eigenvalue weighted by atomic mass is 10.2. The molecule has 0 aliphatic rings. The van der Waals surface area contributed by atoms with Gasteiger partial charge in [0.05, 0.1) is 0 Å². The molecule has 116 valence electrons. The van der Waals surface area contributed by atoms with E-state index in [1.807, 2.05) is 0 Å². The lowest BCUT2D eigenvalue weighted by Gasteiger charge is -2.19. The van der Waals surface area contributed by atoms with E-state index in [1.165, 1.54) is 18.1 Å². The lowest BCUT2D eigenvalue weighted by Crippen LogP contribution is -2.29. The van der Waals surface area contributed by atoms with E-state index in [0.29, 0.717) is 6.42 Å². The van der Waals surface area contributed by atoms with Crippen molar-refractivity contribution in [1.82, 2.24) is 0 Å². The first-order valence-corrected chi connectivity index (χ1v) is 10.3. The summed E-state index contributed by atoms with van der Waals surface area (Å²) in [5.41, 5.74) is 3.42. The van der Waals surface area contributed by atoms with Crippen LogP contribution in [0.5, 0.6) is 0 Å². The summed E-state index contributed by atoms with van der Waals surface area (Å²) in [6, 6.07) is 5.27. The molecule has 0 saturated carbocycles. The minimum absolute atomic E-state index is 0.254. The molecule has 0 aliphatic heterocycles. The smallest absolute Gasteiger partial charge is 0.385 e. The minimum Gasteiger partial charge on any atom is -0.441 e. The number of unbranched alkanes of at least 4 members (excludes halogenated alkanes) is 2. The SMILES string of the molecule is CC[Si](C#CC#CCCCC#CC(=O)OCC#N)(CC)CC. The van der Waals surface area contributed by atoms with Crippen molar-refractivity contribution in [2.24, 2.45) is 0 Å². The molecular weight excluding hydrogens is 290 g/mol. The van der Waals surface area contributed by atoms with Gasteiger partial charge in [0.25, 0.3) is 0 Å². The van der Waals surface area contributed by atoms with Crippen LogP contribution in [-0.2, 0) is 9.53 Å². The van der Waals surface area contributed by atoms with Crippen LogP contribution < -0.4 is 0 Å². The van der Waals surface area contributed by atoms with Gasteiger partial charge < -0.3 is 4.74 Å². The Balaban J connectivity index is 4.09. The van der Waals surface area contributed by atoms with Crippen LogP contribution in [0, 0.1) is 46.5 Å². The molecule has 0 atom stereocenters. The van der Waals surface area contributed by atoms with Crippen LogP contribution in [0.2, 0.25) is 18.1 Å². The second kappa shape index (κ2) is 12.6. The lowest BCUT2D eigenvalue weighted by molar-refractivity contribution is -0.135. The van der Waals surface area contributed by atoms with Gasteiger partial charge in [-0.3, -0.25) is 0 Å². The van der Waals surface area contributed by atoms with Crippen molar-refractivity contribution in [2.75, 3.05) is 6.61 Å². The number of esters is 1. The molecule has 0 fully saturated rings. The fourth-order valence-corrected chi connectivity index (χ4v) is 4.18. The van der Waals surface area contributed by atoms with Gasteiger partial charge in [0, 0.05) is 18.8 Å². The molecule has 0 saturated heterocycles. The highest BCUT2D eigenvalue weighted by Gasteiger charge is 2.23. The fourth-order valence-electron chi connectivity index (χ4n) is 1.82. The highest BCUT2D eigenvalue weighted by atomic mass is 28.3. The van der Waals surface area contributed by atoms with Crippen molar-refractivity contribution in [2.45, 2.75) is 58.2 Å². The van der Waals surface area contributed by atoms with Gasteiger partial charge in [0.2, 0.25) is 0 Å². The van der Waals surface area contributed by atoms with Crippen LogP contribution in [0.25, 0.3) is 0 Å². The number of nitrogens with zero attached hydrogens (tertiary/aromatic N) is 1. The van der Waals surface area contributed by atoms with E-state index in [4.69, 9.17) is 5.26 Å². The first-order chi connectivity index (χ1) is 10.6. The molecule has 0 aromatic heterocycles. The summed E-state index contributed by atoms with van der Waals surface area (Å²) in [4.78, 5) is 11.0. The van der Waals surface area contributed by atoms with E-state index in [9.17, 15) is 4.79 Å². The largest absolute Gasteiger partial charge is 0.441 e. The van der Waals surface area contributed by atoms with Gasteiger partial charge in [-0.1, -0.05) is 32.6 Å². The molecular formula is C18H23NO2Si. The molecule has 0 amide bonds.